The van der Waals surface area contributed by atoms with Gasteiger partial charge >= 0.3 is 12.0 Å². The molecule has 0 aliphatic heterocycles. The summed E-state index contributed by atoms with van der Waals surface area (Å²) in [7, 11) is 0. The molecule has 21 heavy (non-hydrogen) atoms. The molecule has 114 valence electrons. The molecule has 1 aromatic carbocycles. The number of urea groups is 1. The smallest absolute Gasteiger partial charge is 0.337 e. The van der Waals surface area contributed by atoms with Crippen molar-refractivity contribution in [1.82, 2.24) is 4.90 Å². The Morgan fingerprint density at radius 1 is 1.43 bits per heavy atom. The van der Waals surface area contributed by atoms with E-state index in [1.54, 1.807) is 11.0 Å². The summed E-state index contributed by atoms with van der Waals surface area (Å²) in [6, 6.07) is 4.16. The van der Waals surface area contributed by atoms with E-state index in [0.29, 0.717) is 17.5 Å². The van der Waals surface area contributed by atoms with Crippen LogP contribution in [0.15, 0.2) is 18.2 Å². The number of carbonyl (C=O) groups is 2. The highest BCUT2D eigenvalue weighted by molar-refractivity contribution is 6.31. The van der Waals surface area contributed by atoms with Crippen LogP contribution in [-0.2, 0) is 0 Å². The molecule has 2 rings (SSSR count). The van der Waals surface area contributed by atoms with E-state index >= 15 is 0 Å². The van der Waals surface area contributed by atoms with Crippen molar-refractivity contribution in [3.05, 3.63) is 28.8 Å². The van der Waals surface area contributed by atoms with Gasteiger partial charge in [-0.05, 0) is 43.4 Å². The van der Waals surface area contributed by atoms with E-state index < -0.39 is 5.97 Å². The van der Waals surface area contributed by atoms with E-state index in [1.165, 1.54) is 12.1 Å². The number of carbonyl (C=O) groups excluding carboxylic acids is 1. The zero-order chi connectivity index (χ0) is 15.4. The lowest BCUT2D eigenvalue weighted by Crippen LogP contribution is -2.37. The fourth-order valence-corrected chi connectivity index (χ4v) is 2.33. The zero-order valence-electron chi connectivity index (χ0n) is 11.9. The number of anilines is 1. The van der Waals surface area contributed by atoms with Crippen molar-refractivity contribution in [2.24, 2.45) is 5.92 Å². The maximum absolute atomic E-state index is 12.3. The predicted molar refractivity (Wildman–Crippen MR) is 82.0 cm³/mol. The van der Waals surface area contributed by atoms with Crippen molar-refractivity contribution < 1.29 is 14.7 Å². The molecule has 0 unspecified atom stereocenters. The van der Waals surface area contributed by atoms with Crippen LogP contribution in [0.1, 0.15) is 36.5 Å². The summed E-state index contributed by atoms with van der Waals surface area (Å²) in [6.07, 6.45) is 3.19. The number of amides is 2. The van der Waals surface area contributed by atoms with Gasteiger partial charge in [-0.2, -0.15) is 0 Å². The average Bonchev–Trinajstić information content (AvgIpc) is 3.24. The summed E-state index contributed by atoms with van der Waals surface area (Å²) in [5.74, 6) is -0.525. The number of nitrogens with zero attached hydrogens (tertiary/aromatic N) is 1. The average molecular weight is 311 g/mol. The van der Waals surface area contributed by atoms with Crippen LogP contribution in [-0.4, -0.2) is 35.1 Å². The molecular weight excluding hydrogens is 292 g/mol. The third-order valence-electron chi connectivity index (χ3n) is 3.41. The number of benzene rings is 1. The molecule has 6 heteroatoms. The topological polar surface area (TPSA) is 69.6 Å². The highest BCUT2D eigenvalue weighted by Gasteiger charge is 2.26. The molecule has 1 aliphatic carbocycles. The van der Waals surface area contributed by atoms with Crippen LogP contribution in [0.4, 0.5) is 10.5 Å². The number of hydrogen-bond donors (Lipinski definition) is 2. The van der Waals surface area contributed by atoms with Crippen molar-refractivity contribution in [2.45, 2.75) is 26.2 Å². The summed E-state index contributed by atoms with van der Waals surface area (Å²) in [5.41, 5.74) is 0.271. The van der Waals surface area contributed by atoms with Gasteiger partial charge in [0.1, 0.15) is 0 Å². The van der Waals surface area contributed by atoms with Gasteiger partial charge in [0.15, 0.2) is 0 Å². The number of aromatic carboxylic acids is 1. The van der Waals surface area contributed by atoms with Gasteiger partial charge in [0, 0.05) is 18.1 Å². The Labute approximate surface area is 128 Å². The van der Waals surface area contributed by atoms with Crippen LogP contribution in [0.2, 0.25) is 5.02 Å². The first-order chi connectivity index (χ1) is 10.0. The van der Waals surface area contributed by atoms with Gasteiger partial charge in [-0.15, -0.1) is 0 Å². The van der Waals surface area contributed by atoms with Gasteiger partial charge in [-0.25, -0.2) is 9.59 Å². The fourth-order valence-electron chi connectivity index (χ4n) is 2.15. The van der Waals surface area contributed by atoms with Crippen molar-refractivity contribution in [1.29, 1.82) is 0 Å². The molecule has 1 aliphatic rings. The third-order valence-corrected chi connectivity index (χ3v) is 3.64. The maximum Gasteiger partial charge on any atom is 0.337 e. The Bertz CT molecular complexity index is 544. The molecule has 2 N–H and O–H groups in total. The molecule has 1 fully saturated rings. The van der Waals surface area contributed by atoms with Crippen LogP contribution < -0.4 is 5.32 Å². The molecule has 5 nitrogen and oxygen atoms in total. The monoisotopic (exact) mass is 310 g/mol. The van der Waals surface area contributed by atoms with Gasteiger partial charge < -0.3 is 15.3 Å². The molecule has 0 radical (unpaired) electrons. The molecule has 1 aromatic rings. The fraction of sp³-hybridized carbons (Fsp3) is 0.467. The molecule has 0 spiro atoms. The molecule has 2 amide bonds. The Morgan fingerprint density at radius 2 is 2.14 bits per heavy atom. The molecule has 0 bridgehead atoms. The minimum absolute atomic E-state index is 0.00118. The molecule has 0 heterocycles. The summed E-state index contributed by atoms with van der Waals surface area (Å²) in [6.45, 7) is 3.41. The lowest BCUT2D eigenvalue weighted by atomic mass is 10.2. The summed E-state index contributed by atoms with van der Waals surface area (Å²) in [4.78, 5) is 25.3. The predicted octanol–water partition coefficient (Wildman–Crippen LogP) is 3.69. The van der Waals surface area contributed by atoms with Gasteiger partial charge in [-0.1, -0.05) is 18.5 Å². The van der Waals surface area contributed by atoms with Gasteiger partial charge in [0.25, 0.3) is 0 Å². The number of rotatable bonds is 6. The van der Waals surface area contributed by atoms with Gasteiger partial charge in [0.2, 0.25) is 0 Å². The largest absolute Gasteiger partial charge is 0.478 e. The van der Waals surface area contributed by atoms with Crippen LogP contribution in [0.25, 0.3) is 0 Å². The number of halogens is 1. The quantitative estimate of drug-likeness (QED) is 0.842. The van der Waals surface area contributed by atoms with Crippen molar-refractivity contribution in [3.63, 3.8) is 0 Å². The van der Waals surface area contributed by atoms with Crippen LogP contribution in [0.3, 0.4) is 0 Å². The van der Waals surface area contributed by atoms with Crippen LogP contribution >= 0.6 is 11.6 Å². The number of carboxylic acid groups (broad SMARTS) is 1. The van der Waals surface area contributed by atoms with Crippen molar-refractivity contribution >= 4 is 29.3 Å². The molecule has 0 atom stereocenters. The lowest BCUT2D eigenvalue weighted by molar-refractivity contribution is 0.0698. The standard InChI is InChI=1S/C15H19ClN2O3/c1-2-7-18(9-10-3-4-10)15(21)17-13-6-5-11(16)8-12(13)14(19)20/h5-6,8,10H,2-4,7,9H2,1H3,(H,17,21)(H,19,20). The second kappa shape index (κ2) is 6.80. The minimum atomic E-state index is -1.11. The first kappa shape index (κ1) is 15.6. The van der Waals surface area contributed by atoms with E-state index in [0.717, 1.165) is 25.8 Å². The normalized spacial score (nSPS) is 13.8. The highest BCUT2D eigenvalue weighted by Crippen LogP contribution is 2.30. The second-order valence-electron chi connectivity index (χ2n) is 5.31. The number of hydrogen-bond acceptors (Lipinski definition) is 2. The van der Waals surface area contributed by atoms with E-state index in [1.807, 2.05) is 6.92 Å². The number of carboxylic acids is 1. The minimum Gasteiger partial charge on any atom is -0.478 e. The van der Waals surface area contributed by atoms with Crippen molar-refractivity contribution in [2.75, 3.05) is 18.4 Å². The number of nitrogens with one attached hydrogen (secondary N) is 1. The maximum atomic E-state index is 12.3. The summed E-state index contributed by atoms with van der Waals surface area (Å²) < 4.78 is 0. The summed E-state index contributed by atoms with van der Waals surface area (Å²) in [5, 5.41) is 12.2. The molecule has 0 aromatic heterocycles. The summed E-state index contributed by atoms with van der Waals surface area (Å²) >= 11 is 5.80. The zero-order valence-corrected chi connectivity index (χ0v) is 12.7. The van der Waals surface area contributed by atoms with Crippen LogP contribution in [0.5, 0.6) is 0 Å². The third kappa shape index (κ3) is 4.36. The van der Waals surface area contributed by atoms with E-state index in [9.17, 15) is 14.7 Å². The SMILES string of the molecule is CCCN(CC1CC1)C(=O)Nc1ccc(Cl)cc1C(=O)O. The van der Waals surface area contributed by atoms with E-state index in [2.05, 4.69) is 5.32 Å². The van der Waals surface area contributed by atoms with E-state index in [-0.39, 0.29) is 17.3 Å². The molecule has 0 saturated heterocycles. The van der Waals surface area contributed by atoms with Gasteiger partial charge in [-0.3, -0.25) is 0 Å². The first-order valence-electron chi connectivity index (χ1n) is 7.10. The van der Waals surface area contributed by atoms with E-state index in [4.69, 9.17) is 11.6 Å². The molecule has 1 saturated carbocycles. The molecular formula is C15H19ClN2O3. The Morgan fingerprint density at radius 3 is 2.71 bits per heavy atom. The lowest BCUT2D eigenvalue weighted by Gasteiger charge is -2.23. The van der Waals surface area contributed by atoms with Crippen molar-refractivity contribution in [3.8, 4) is 0 Å². The Hall–Kier alpha value is -1.75. The second-order valence-corrected chi connectivity index (χ2v) is 5.75. The van der Waals surface area contributed by atoms with Gasteiger partial charge in [0.05, 0.1) is 11.3 Å². The Kier molecular flexibility index (Phi) is 5.07. The first-order valence-corrected chi connectivity index (χ1v) is 7.47. The van der Waals surface area contributed by atoms with Crippen LogP contribution in [0, 0.1) is 5.92 Å². The Balaban J connectivity index is 2.11. The highest BCUT2D eigenvalue weighted by atomic mass is 35.5.